The van der Waals surface area contributed by atoms with Crippen LogP contribution in [0.5, 0.6) is 0 Å². The minimum Gasteiger partial charge on any atom is -0.376 e. The first-order valence-corrected chi connectivity index (χ1v) is 8.15. The highest BCUT2D eigenvalue weighted by Gasteiger charge is 2.28. The van der Waals surface area contributed by atoms with Crippen LogP contribution in [0.2, 0.25) is 0 Å². The molecule has 2 aromatic heterocycles. The summed E-state index contributed by atoms with van der Waals surface area (Å²) in [6, 6.07) is -0.0886. The number of rotatable bonds is 3. The van der Waals surface area contributed by atoms with E-state index in [0.717, 1.165) is 33.3 Å². The highest BCUT2D eigenvalue weighted by Crippen LogP contribution is 2.28. The highest BCUT2D eigenvalue weighted by atomic mass is 32.1. The molecule has 0 saturated carbocycles. The van der Waals surface area contributed by atoms with Gasteiger partial charge in [-0.05, 0) is 20.8 Å². The monoisotopic (exact) mass is 320 g/mol. The fraction of sp³-hybridized carbons (Fsp3) is 0.533. The molecule has 1 atom stereocenters. The Bertz CT molecular complexity index is 706. The van der Waals surface area contributed by atoms with E-state index in [4.69, 9.17) is 4.74 Å². The lowest BCUT2D eigenvalue weighted by Gasteiger charge is -2.24. The number of aromatic amines is 1. The van der Waals surface area contributed by atoms with Gasteiger partial charge in [0.1, 0.15) is 0 Å². The molecule has 118 valence electrons. The van der Waals surface area contributed by atoms with Crippen molar-refractivity contribution in [3.05, 3.63) is 32.5 Å². The summed E-state index contributed by atoms with van der Waals surface area (Å²) in [5.74, 6) is -0.0967. The molecular formula is C15H20N4O2S. The molecule has 0 fully saturated rings. The molecule has 0 bridgehead atoms. The molecule has 1 amide bonds. The summed E-state index contributed by atoms with van der Waals surface area (Å²) >= 11 is 1.66. The molecule has 0 radical (unpaired) electrons. The quantitative estimate of drug-likeness (QED) is 0.942. The van der Waals surface area contributed by atoms with Crippen molar-refractivity contribution >= 4 is 17.2 Å². The number of H-pyrrole nitrogens is 1. The average Bonchev–Trinajstić information content (AvgIpc) is 3.08. The molecule has 1 N–H and O–H groups in total. The van der Waals surface area contributed by atoms with Crippen molar-refractivity contribution in [1.82, 2.24) is 20.1 Å². The lowest BCUT2D eigenvalue weighted by atomic mass is 10.1. The Morgan fingerprint density at radius 3 is 2.91 bits per heavy atom. The first-order chi connectivity index (χ1) is 10.5. The zero-order valence-corrected chi connectivity index (χ0v) is 14.1. The minimum atomic E-state index is -0.0967. The van der Waals surface area contributed by atoms with Crippen molar-refractivity contribution in [2.24, 2.45) is 0 Å². The van der Waals surface area contributed by atoms with Crippen LogP contribution in [0.15, 0.2) is 0 Å². The molecule has 0 spiro atoms. The molecule has 22 heavy (non-hydrogen) atoms. The Kier molecular flexibility index (Phi) is 4.01. The van der Waals surface area contributed by atoms with Crippen molar-refractivity contribution in [1.29, 1.82) is 0 Å². The number of thiazole rings is 1. The van der Waals surface area contributed by atoms with Crippen LogP contribution >= 0.6 is 11.3 Å². The predicted molar refractivity (Wildman–Crippen MR) is 84.0 cm³/mol. The topological polar surface area (TPSA) is 71.1 Å². The summed E-state index contributed by atoms with van der Waals surface area (Å²) < 4.78 is 5.45. The number of carbonyl (C=O) groups is 1. The van der Waals surface area contributed by atoms with E-state index in [0.29, 0.717) is 18.9 Å². The van der Waals surface area contributed by atoms with Gasteiger partial charge in [0.05, 0.1) is 30.0 Å². The van der Waals surface area contributed by atoms with E-state index >= 15 is 0 Å². The fourth-order valence-corrected chi connectivity index (χ4v) is 3.66. The van der Waals surface area contributed by atoms with Gasteiger partial charge in [-0.15, -0.1) is 11.3 Å². The Hall–Kier alpha value is -1.73. The number of hydrogen-bond acceptors (Lipinski definition) is 5. The van der Waals surface area contributed by atoms with E-state index in [9.17, 15) is 4.79 Å². The van der Waals surface area contributed by atoms with Gasteiger partial charge in [0, 0.05) is 29.6 Å². The summed E-state index contributed by atoms with van der Waals surface area (Å²) in [6.45, 7) is 7.14. The van der Waals surface area contributed by atoms with Gasteiger partial charge in [-0.3, -0.25) is 9.89 Å². The molecule has 7 heteroatoms. The maximum absolute atomic E-state index is 12.8. The maximum Gasteiger partial charge on any atom is 0.275 e. The number of ether oxygens (including phenoxy) is 1. The molecule has 3 rings (SSSR count). The van der Waals surface area contributed by atoms with Crippen LogP contribution in [-0.4, -0.2) is 39.6 Å². The van der Waals surface area contributed by atoms with E-state index < -0.39 is 0 Å². The number of aryl methyl sites for hydroxylation is 2. The van der Waals surface area contributed by atoms with Crippen molar-refractivity contribution in [3.8, 4) is 0 Å². The average molecular weight is 320 g/mol. The number of aromatic nitrogens is 3. The molecule has 0 unspecified atom stereocenters. The smallest absolute Gasteiger partial charge is 0.275 e. The molecule has 1 aliphatic rings. The van der Waals surface area contributed by atoms with Crippen LogP contribution in [0.25, 0.3) is 0 Å². The summed E-state index contributed by atoms with van der Waals surface area (Å²) in [6.07, 6.45) is 0.777. The van der Waals surface area contributed by atoms with E-state index in [-0.39, 0.29) is 11.9 Å². The van der Waals surface area contributed by atoms with Crippen LogP contribution in [0, 0.1) is 13.8 Å². The van der Waals surface area contributed by atoms with Crippen LogP contribution in [0.3, 0.4) is 0 Å². The van der Waals surface area contributed by atoms with Crippen LogP contribution in [0.4, 0.5) is 0 Å². The molecular weight excluding hydrogens is 300 g/mol. The van der Waals surface area contributed by atoms with Gasteiger partial charge in [-0.2, -0.15) is 5.10 Å². The van der Waals surface area contributed by atoms with Gasteiger partial charge >= 0.3 is 0 Å². The second-order valence-corrected chi connectivity index (χ2v) is 7.01. The number of fused-ring (bicyclic) bond motifs is 1. The number of amides is 1. The summed E-state index contributed by atoms with van der Waals surface area (Å²) in [5.41, 5.74) is 3.32. The van der Waals surface area contributed by atoms with Crippen LogP contribution in [-0.2, 0) is 17.8 Å². The van der Waals surface area contributed by atoms with E-state index in [1.165, 1.54) is 0 Å². The number of carbonyl (C=O) groups excluding carboxylic acids is 1. The first kappa shape index (κ1) is 15.2. The molecule has 1 aliphatic heterocycles. The number of nitrogens with zero attached hydrogens (tertiary/aromatic N) is 3. The third kappa shape index (κ3) is 2.55. The van der Waals surface area contributed by atoms with E-state index in [2.05, 4.69) is 15.2 Å². The Morgan fingerprint density at radius 2 is 2.23 bits per heavy atom. The third-order valence-electron chi connectivity index (χ3n) is 4.13. The molecule has 0 aromatic carbocycles. The van der Waals surface area contributed by atoms with E-state index in [1.54, 1.807) is 23.3 Å². The van der Waals surface area contributed by atoms with Gasteiger partial charge in [0.15, 0.2) is 5.69 Å². The largest absolute Gasteiger partial charge is 0.376 e. The van der Waals surface area contributed by atoms with Crippen molar-refractivity contribution in [3.63, 3.8) is 0 Å². The molecule has 2 aromatic rings. The van der Waals surface area contributed by atoms with Gasteiger partial charge in [-0.25, -0.2) is 4.98 Å². The standard InChI is InChI=1S/C15H20N4O2S/c1-8(13-9(2)22-10(3)16-13)19(4)15(20)14-11-7-21-6-5-12(11)17-18-14/h8H,5-7H2,1-4H3,(H,17,18)/t8-/m0/s1. The Balaban J connectivity index is 1.85. The van der Waals surface area contributed by atoms with Crippen LogP contribution in [0.1, 0.15) is 50.3 Å². The molecule has 6 nitrogen and oxygen atoms in total. The second kappa shape index (κ2) is 5.81. The summed E-state index contributed by atoms with van der Waals surface area (Å²) in [7, 11) is 1.80. The number of nitrogens with one attached hydrogen (secondary N) is 1. The fourth-order valence-electron chi connectivity index (χ4n) is 2.75. The van der Waals surface area contributed by atoms with Gasteiger partial charge in [-0.1, -0.05) is 0 Å². The Morgan fingerprint density at radius 1 is 1.45 bits per heavy atom. The zero-order valence-electron chi connectivity index (χ0n) is 13.3. The van der Waals surface area contributed by atoms with Gasteiger partial charge < -0.3 is 9.64 Å². The molecule has 0 aliphatic carbocycles. The SMILES string of the molecule is Cc1nc([C@H](C)N(C)C(=O)c2n[nH]c3c2COCC3)c(C)s1. The van der Waals surface area contributed by atoms with Crippen molar-refractivity contribution < 1.29 is 9.53 Å². The minimum absolute atomic E-state index is 0.0886. The lowest BCUT2D eigenvalue weighted by Crippen LogP contribution is -2.31. The predicted octanol–water partition coefficient (Wildman–Crippen LogP) is 2.39. The number of hydrogen-bond donors (Lipinski definition) is 1. The zero-order chi connectivity index (χ0) is 15.9. The lowest BCUT2D eigenvalue weighted by molar-refractivity contribution is 0.0720. The normalized spacial score (nSPS) is 15.5. The van der Waals surface area contributed by atoms with Gasteiger partial charge in [0.25, 0.3) is 5.91 Å². The second-order valence-electron chi connectivity index (χ2n) is 5.60. The third-order valence-corrected chi connectivity index (χ3v) is 5.04. The van der Waals surface area contributed by atoms with Gasteiger partial charge in [0.2, 0.25) is 0 Å². The van der Waals surface area contributed by atoms with E-state index in [1.807, 2.05) is 20.8 Å². The van der Waals surface area contributed by atoms with Crippen molar-refractivity contribution in [2.45, 2.75) is 39.8 Å². The summed E-state index contributed by atoms with van der Waals surface area (Å²) in [4.78, 5) is 20.2. The summed E-state index contributed by atoms with van der Waals surface area (Å²) in [5, 5.41) is 8.19. The maximum atomic E-state index is 12.8. The van der Waals surface area contributed by atoms with Crippen molar-refractivity contribution in [2.75, 3.05) is 13.7 Å². The molecule has 0 saturated heterocycles. The first-order valence-electron chi connectivity index (χ1n) is 7.34. The Labute approximate surface area is 133 Å². The van der Waals surface area contributed by atoms with Crippen LogP contribution < -0.4 is 0 Å². The molecule has 3 heterocycles. The highest BCUT2D eigenvalue weighted by molar-refractivity contribution is 7.11.